The van der Waals surface area contributed by atoms with Crippen molar-refractivity contribution in [1.82, 2.24) is 0 Å². The summed E-state index contributed by atoms with van der Waals surface area (Å²) in [7, 11) is 0. The lowest BCUT2D eigenvalue weighted by Crippen LogP contribution is -2.17. The van der Waals surface area contributed by atoms with Crippen molar-refractivity contribution >= 4 is 28.5 Å². The van der Waals surface area contributed by atoms with Gasteiger partial charge in [-0.05, 0) is 37.3 Å². The molecule has 0 fully saturated rings. The number of benzene rings is 2. The number of hydrogen-bond donors (Lipinski definition) is 1. The van der Waals surface area contributed by atoms with Gasteiger partial charge in [0.25, 0.3) is 0 Å². The van der Waals surface area contributed by atoms with Crippen LogP contribution >= 0.6 is 11.6 Å². The van der Waals surface area contributed by atoms with Crippen LogP contribution in [0, 0.1) is 0 Å². The molecule has 3 rings (SSSR count). The maximum absolute atomic E-state index is 13.1. The molecule has 0 aliphatic rings. The second-order valence-electron chi connectivity index (χ2n) is 6.33. The number of fused-ring (bicyclic) bond motifs is 1. The Morgan fingerprint density at radius 1 is 1.24 bits per heavy atom. The summed E-state index contributed by atoms with van der Waals surface area (Å²) in [4.78, 5) is 23.3. The van der Waals surface area contributed by atoms with E-state index < -0.39 is 35.7 Å². The molecule has 0 radical (unpaired) electrons. The van der Waals surface area contributed by atoms with Crippen molar-refractivity contribution in [3.8, 4) is 17.1 Å². The monoisotopic (exact) mass is 426 g/mol. The van der Waals surface area contributed by atoms with Crippen LogP contribution < -0.4 is 10.2 Å². The van der Waals surface area contributed by atoms with Crippen LogP contribution in [0.2, 0.25) is 5.02 Å². The summed E-state index contributed by atoms with van der Waals surface area (Å²) in [5, 5.41) is 9.26. The number of rotatable bonds is 5. The fraction of sp³-hybridized carbons (Fsp3) is 0.200. The summed E-state index contributed by atoms with van der Waals surface area (Å²) in [5.41, 5.74) is -1.27. The lowest BCUT2D eigenvalue weighted by molar-refractivity contribution is -0.139. The molecule has 0 bridgehead atoms. The van der Waals surface area contributed by atoms with Crippen LogP contribution in [0.25, 0.3) is 22.3 Å². The van der Waals surface area contributed by atoms with E-state index in [-0.39, 0.29) is 33.1 Å². The van der Waals surface area contributed by atoms with Gasteiger partial charge in [-0.15, -0.1) is 0 Å². The van der Waals surface area contributed by atoms with Crippen molar-refractivity contribution in [2.75, 3.05) is 0 Å². The minimum atomic E-state index is -4.64. The number of para-hydroxylation sites is 1. The number of aliphatic carboxylic acids is 1. The Morgan fingerprint density at radius 3 is 2.62 bits per heavy atom. The van der Waals surface area contributed by atoms with Crippen LogP contribution in [0.4, 0.5) is 13.2 Å². The second-order valence-corrected chi connectivity index (χ2v) is 6.73. The van der Waals surface area contributed by atoms with Gasteiger partial charge in [-0.2, -0.15) is 13.2 Å². The predicted octanol–water partition coefficient (Wildman–Crippen LogP) is 5.37. The highest BCUT2D eigenvalue weighted by Crippen LogP contribution is 2.38. The Kier molecular flexibility index (Phi) is 5.57. The van der Waals surface area contributed by atoms with Crippen molar-refractivity contribution in [1.29, 1.82) is 0 Å². The van der Waals surface area contributed by atoms with E-state index >= 15 is 0 Å². The molecule has 1 aromatic heterocycles. The summed E-state index contributed by atoms with van der Waals surface area (Å²) in [6.07, 6.45) is -5.99. The van der Waals surface area contributed by atoms with E-state index in [1.165, 1.54) is 19.1 Å². The van der Waals surface area contributed by atoms with E-state index in [2.05, 4.69) is 0 Å². The minimum absolute atomic E-state index is 0.0538. The van der Waals surface area contributed by atoms with Gasteiger partial charge in [0.1, 0.15) is 17.6 Å². The molecule has 3 aromatic rings. The third kappa shape index (κ3) is 4.54. The summed E-state index contributed by atoms with van der Waals surface area (Å²) in [5.74, 6) is -1.49. The van der Waals surface area contributed by atoms with E-state index in [0.717, 1.165) is 24.3 Å². The lowest BCUT2D eigenvalue weighted by Gasteiger charge is -2.18. The molecule has 1 N–H and O–H groups in total. The maximum atomic E-state index is 13.1. The average Bonchev–Trinajstić information content (AvgIpc) is 2.61. The molecule has 152 valence electrons. The first kappa shape index (κ1) is 20.7. The SMILES string of the molecule is CC(CC(=O)O)Oc1cc(C(F)(F)F)ccc1-c1cc(=O)c2cccc(Cl)c2o1. The van der Waals surface area contributed by atoms with E-state index in [4.69, 9.17) is 25.9 Å². The second kappa shape index (κ2) is 7.79. The van der Waals surface area contributed by atoms with E-state index in [1.807, 2.05) is 0 Å². The van der Waals surface area contributed by atoms with Gasteiger partial charge < -0.3 is 14.3 Å². The summed E-state index contributed by atoms with van der Waals surface area (Å²) < 4.78 is 50.5. The summed E-state index contributed by atoms with van der Waals surface area (Å²) in [6.45, 7) is 1.41. The zero-order valence-corrected chi connectivity index (χ0v) is 15.7. The third-order valence-electron chi connectivity index (χ3n) is 4.07. The topological polar surface area (TPSA) is 76.7 Å². The highest BCUT2D eigenvalue weighted by atomic mass is 35.5. The first-order chi connectivity index (χ1) is 13.6. The average molecular weight is 427 g/mol. The fourth-order valence-electron chi connectivity index (χ4n) is 2.78. The molecule has 5 nitrogen and oxygen atoms in total. The number of carboxylic acids is 1. The van der Waals surface area contributed by atoms with Crippen LogP contribution in [0.15, 0.2) is 51.7 Å². The maximum Gasteiger partial charge on any atom is 0.416 e. The molecule has 0 aliphatic heterocycles. The molecule has 1 atom stereocenters. The van der Waals surface area contributed by atoms with Crippen molar-refractivity contribution in [3.63, 3.8) is 0 Å². The zero-order chi connectivity index (χ0) is 21.3. The van der Waals surface area contributed by atoms with Crippen LogP contribution in [0.3, 0.4) is 0 Å². The van der Waals surface area contributed by atoms with Gasteiger partial charge >= 0.3 is 12.1 Å². The van der Waals surface area contributed by atoms with E-state index in [0.29, 0.717) is 0 Å². The summed E-state index contributed by atoms with van der Waals surface area (Å²) >= 11 is 6.08. The number of carboxylic acid groups (broad SMARTS) is 1. The molecule has 1 heterocycles. The van der Waals surface area contributed by atoms with Crippen LogP contribution in [-0.4, -0.2) is 17.2 Å². The number of hydrogen-bond acceptors (Lipinski definition) is 4. The first-order valence-electron chi connectivity index (χ1n) is 8.38. The highest BCUT2D eigenvalue weighted by Gasteiger charge is 2.32. The Labute approximate surface area is 167 Å². The molecule has 0 saturated heterocycles. The fourth-order valence-corrected chi connectivity index (χ4v) is 2.99. The van der Waals surface area contributed by atoms with Crippen molar-refractivity contribution < 1.29 is 32.2 Å². The van der Waals surface area contributed by atoms with Gasteiger partial charge in [-0.1, -0.05) is 17.7 Å². The minimum Gasteiger partial charge on any atom is -0.489 e. The van der Waals surface area contributed by atoms with Gasteiger partial charge in [-0.3, -0.25) is 9.59 Å². The van der Waals surface area contributed by atoms with E-state index in [1.54, 1.807) is 6.07 Å². The number of carbonyl (C=O) groups is 1. The largest absolute Gasteiger partial charge is 0.489 e. The molecule has 9 heteroatoms. The summed E-state index contributed by atoms with van der Waals surface area (Å²) in [6, 6.07) is 8.38. The Hall–Kier alpha value is -3.00. The van der Waals surface area contributed by atoms with E-state index in [9.17, 15) is 22.8 Å². The standard InChI is InChI=1S/C20H14ClF3O5/c1-10(7-18(26)27)28-16-8-11(20(22,23)24)5-6-13(16)17-9-15(25)12-3-2-4-14(21)19(12)29-17/h2-6,8-10H,7H2,1H3,(H,26,27). The van der Waals surface area contributed by atoms with Crippen LogP contribution in [-0.2, 0) is 11.0 Å². The third-order valence-corrected chi connectivity index (χ3v) is 4.37. The highest BCUT2D eigenvalue weighted by molar-refractivity contribution is 6.34. The molecule has 1 unspecified atom stereocenters. The molecule has 0 amide bonds. The number of ether oxygens (including phenoxy) is 1. The molecular formula is C20H14ClF3O5. The Balaban J connectivity index is 2.18. The molecule has 0 spiro atoms. The number of halogens is 4. The van der Waals surface area contributed by atoms with Crippen LogP contribution in [0.1, 0.15) is 18.9 Å². The Morgan fingerprint density at radius 2 is 1.97 bits per heavy atom. The van der Waals surface area contributed by atoms with Gasteiger partial charge in [-0.25, -0.2) is 0 Å². The van der Waals surface area contributed by atoms with Gasteiger partial charge in [0, 0.05) is 6.07 Å². The molecule has 0 saturated carbocycles. The normalized spacial score (nSPS) is 12.7. The first-order valence-corrected chi connectivity index (χ1v) is 8.76. The molecule has 0 aliphatic carbocycles. The lowest BCUT2D eigenvalue weighted by atomic mass is 10.1. The van der Waals surface area contributed by atoms with Crippen molar-refractivity contribution in [3.05, 3.63) is 63.3 Å². The van der Waals surface area contributed by atoms with Crippen LogP contribution in [0.5, 0.6) is 5.75 Å². The zero-order valence-electron chi connectivity index (χ0n) is 14.9. The molecule has 29 heavy (non-hydrogen) atoms. The van der Waals surface area contributed by atoms with Gasteiger partial charge in [0.05, 0.1) is 28.0 Å². The van der Waals surface area contributed by atoms with Gasteiger partial charge in [0.2, 0.25) is 0 Å². The van der Waals surface area contributed by atoms with Crippen molar-refractivity contribution in [2.45, 2.75) is 25.6 Å². The van der Waals surface area contributed by atoms with Gasteiger partial charge in [0.15, 0.2) is 11.0 Å². The molecule has 2 aromatic carbocycles. The number of alkyl halides is 3. The smallest absolute Gasteiger partial charge is 0.416 e. The predicted molar refractivity (Wildman–Crippen MR) is 100 cm³/mol. The quantitative estimate of drug-likeness (QED) is 0.593. The van der Waals surface area contributed by atoms with Crippen molar-refractivity contribution in [2.24, 2.45) is 0 Å². The molecular weight excluding hydrogens is 413 g/mol. The Bertz CT molecular complexity index is 1140.